The van der Waals surface area contributed by atoms with E-state index in [1.807, 2.05) is 0 Å². The van der Waals surface area contributed by atoms with Gasteiger partial charge in [-0.2, -0.15) is 0 Å². The first-order chi connectivity index (χ1) is 6.27. The summed E-state index contributed by atoms with van der Waals surface area (Å²) in [5, 5.41) is 12.4. The second-order valence-electron chi connectivity index (χ2n) is 4.28. The van der Waals surface area contributed by atoms with Gasteiger partial charge in [0.15, 0.2) is 0 Å². The third kappa shape index (κ3) is 2.21. The van der Waals surface area contributed by atoms with Crippen LogP contribution in [0.25, 0.3) is 0 Å². The molecule has 0 heterocycles. The molecule has 2 rings (SSSR count). The van der Waals surface area contributed by atoms with E-state index in [2.05, 4.69) is 5.32 Å². The number of rotatable bonds is 3. The monoisotopic (exact) mass is 183 g/mol. The predicted octanol–water partition coefficient (Wildman–Crippen LogP) is 0.674. The minimum atomic E-state index is -0.181. The Kier molecular flexibility index (Phi) is 2.54. The van der Waals surface area contributed by atoms with E-state index < -0.39 is 0 Å². The van der Waals surface area contributed by atoms with E-state index in [4.69, 9.17) is 0 Å². The van der Waals surface area contributed by atoms with E-state index in [1.54, 1.807) is 0 Å². The third-order valence-electron chi connectivity index (χ3n) is 3.11. The van der Waals surface area contributed by atoms with Crippen LogP contribution in [0.5, 0.6) is 0 Å². The molecule has 2 aliphatic rings. The highest BCUT2D eigenvalue weighted by molar-refractivity contribution is 5.80. The summed E-state index contributed by atoms with van der Waals surface area (Å²) >= 11 is 0. The molecule has 0 aromatic heterocycles. The molecule has 2 fully saturated rings. The average Bonchev–Trinajstić information content (AvgIpc) is 2.88. The number of nitrogens with one attached hydrogen (secondary N) is 1. The van der Waals surface area contributed by atoms with Crippen molar-refractivity contribution in [1.82, 2.24) is 5.32 Å². The van der Waals surface area contributed by atoms with Crippen molar-refractivity contribution in [2.75, 3.05) is 6.54 Å². The van der Waals surface area contributed by atoms with Crippen LogP contribution in [0.2, 0.25) is 0 Å². The lowest BCUT2D eigenvalue weighted by molar-refractivity contribution is -0.122. The Morgan fingerprint density at radius 1 is 1.31 bits per heavy atom. The number of amides is 1. The maximum Gasteiger partial charge on any atom is 0.223 e. The van der Waals surface area contributed by atoms with Crippen molar-refractivity contribution in [3.05, 3.63) is 0 Å². The van der Waals surface area contributed by atoms with Crippen molar-refractivity contribution in [1.29, 1.82) is 0 Å². The van der Waals surface area contributed by atoms with Gasteiger partial charge in [0.2, 0.25) is 5.91 Å². The van der Waals surface area contributed by atoms with Gasteiger partial charge in [-0.05, 0) is 25.7 Å². The average molecular weight is 183 g/mol. The Balaban J connectivity index is 1.68. The Bertz CT molecular complexity index is 201. The molecule has 0 aliphatic heterocycles. The molecule has 3 nitrogen and oxygen atoms in total. The SMILES string of the molecule is O=C(NCC1CCCC1O)C1CC1. The second-order valence-corrected chi connectivity index (χ2v) is 4.28. The number of carbonyl (C=O) groups is 1. The summed E-state index contributed by atoms with van der Waals surface area (Å²) in [7, 11) is 0. The fourth-order valence-corrected chi connectivity index (χ4v) is 1.98. The molecule has 2 N–H and O–H groups in total. The van der Waals surface area contributed by atoms with Crippen LogP contribution in [-0.4, -0.2) is 23.7 Å². The van der Waals surface area contributed by atoms with Crippen molar-refractivity contribution < 1.29 is 9.90 Å². The number of carbonyl (C=O) groups excluding carboxylic acids is 1. The minimum absolute atomic E-state index is 0.181. The summed E-state index contributed by atoms with van der Waals surface area (Å²) < 4.78 is 0. The molecule has 2 atom stereocenters. The van der Waals surface area contributed by atoms with Crippen LogP contribution in [0.15, 0.2) is 0 Å². The van der Waals surface area contributed by atoms with Crippen molar-refractivity contribution in [3.63, 3.8) is 0 Å². The Hall–Kier alpha value is -0.570. The van der Waals surface area contributed by atoms with Gasteiger partial charge in [0.05, 0.1) is 6.10 Å². The van der Waals surface area contributed by atoms with Crippen LogP contribution in [0, 0.1) is 11.8 Å². The normalized spacial score (nSPS) is 33.3. The molecule has 0 spiro atoms. The van der Waals surface area contributed by atoms with E-state index in [0.29, 0.717) is 18.4 Å². The Morgan fingerprint density at radius 3 is 2.62 bits per heavy atom. The maximum atomic E-state index is 11.3. The predicted molar refractivity (Wildman–Crippen MR) is 49.1 cm³/mol. The zero-order valence-electron chi connectivity index (χ0n) is 7.83. The first-order valence-corrected chi connectivity index (χ1v) is 5.23. The summed E-state index contributed by atoms with van der Waals surface area (Å²) in [6, 6.07) is 0. The molecule has 13 heavy (non-hydrogen) atoms. The van der Waals surface area contributed by atoms with Gasteiger partial charge in [0, 0.05) is 18.4 Å². The highest BCUT2D eigenvalue weighted by atomic mass is 16.3. The quantitative estimate of drug-likeness (QED) is 0.675. The van der Waals surface area contributed by atoms with Crippen LogP contribution >= 0.6 is 0 Å². The lowest BCUT2D eigenvalue weighted by Crippen LogP contribution is -2.33. The van der Waals surface area contributed by atoms with Gasteiger partial charge in [-0.1, -0.05) is 6.42 Å². The topological polar surface area (TPSA) is 49.3 Å². The van der Waals surface area contributed by atoms with Crippen LogP contribution in [0.3, 0.4) is 0 Å². The van der Waals surface area contributed by atoms with Crippen LogP contribution in [-0.2, 0) is 4.79 Å². The standard InChI is InChI=1S/C10H17NO2/c12-9-3-1-2-8(9)6-11-10(13)7-4-5-7/h7-9,12H,1-6H2,(H,11,13). The van der Waals surface area contributed by atoms with Gasteiger partial charge in [0.1, 0.15) is 0 Å². The Labute approximate surface area is 78.5 Å². The molecule has 0 saturated heterocycles. The number of aliphatic hydroxyl groups is 1. The molecule has 0 radical (unpaired) electrons. The van der Waals surface area contributed by atoms with Gasteiger partial charge >= 0.3 is 0 Å². The van der Waals surface area contributed by atoms with Crippen molar-refractivity contribution >= 4 is 5.91 Å². The largest absolute Gasteiger partial charge is 0.393 e. The van der Waals surface area contributed by atoms with E-state index in [9.17, 15) is 9.90 Å². The van der Waals surface area contributed by atoms with Crippen LogP contribution in [0.4, 0.5) is 0 Å². The fourth-order valence-electron chi connectivity index (χ4n) is 1.98. The van der Waals surface area contributed by atoms with Gasteiger partial charge < -0.3 is 10.4 Å². The minimum Gasteiger partial charge on any atom is -0.393 e. The van der Waals surface area contributed by atoms with Gasteiger partial charge in [-0.3, -0.25) is 4.79 Å². The summed E-state index contributed by atoms with van der Waals surface area (Å²) in [5.74, 6) is 0.792. The number of hydrogen-bond donors (Lipinski definition) is 2. The first kappa shape index (κ1) is 9.00. The molecule has 3 heteroatoms. The third-order valence-corrected chi connectivity index (χ3v) is 3.11. The number of aliphatic hydroxyl groups excluding tert-OH is 1. The van der Waals surface area contributed by atoms with Gasteiger partial charge in [0.25, 0.3) is 0 Å². The van der Waals surface area contributed by atoms with E-state index in [-0.39, 0.29) is 12.0 Å². The zero-order valence-corrected chi connectivity index (χ0v) is 7.83. The van der Waals surface area contributed by atoms with Gasteiger partial charge in [-0.25, -0.2) is 0 Å². The summed E-state index contributed by atoms with van der Waals surface area (Å²) in [4.78, 5) is 11.3. The van der Waals surface area contributed by atoms with E-state index in [1.165, 1.54) is 0 Å². The summed E-state index contributed by atoms with van der Waals surface area (Å²) in [5.41, 5.74) is 0. The molecular weight excluding hydrogens is 166 g/mol. The summed E-state index contributed by atoms with van der Waals surface area (Å²) in [6.07, 6.45) is 5.00. The second kappa shape index (κ2) is 3.66. The Morgan fingerprint density at radius 2 is 2.08 bits per heavy atom. The molecule has 0 aromatic carbocycles. The lowest BCUT2D eigenvalue weighted by Gasteiger charge is -2.14. The lowest BCUT2D eigenvalue weighted by atomic mass is 10.1. The fraction of sp³-hybridized carbons (Fsp3) is 0.900. The van der Waals surface area contributed by atoms with Crippen molar-refractivity contribution in [3.8, 4) is 0 Å². The highest BCUT2D eigenvalue weighted by Crippen LogP contribution is 2.29. The van der Waals surface area contributed by atoms with Crippen LogP contribution in [0.1, 0.15) is 32.1 Å². The van der Waals surface area contributed by atoms with E-state index >= 15 is 0 Å². The molecular formula is C10H17NO2. The molecule has 1 amide bonds. The maximum absolute atomic E-state index is 11.3. The molecule has 0 bridgehead atoms. The molecule has 0 aromatic rings. The molecule has 74 valence electrons. The molecule has 2 aliphatic carbocycles. The summed E-state index contributed by atoms with van der Waals surface area (Å²) in [6.45, 7) is 0.677. The molecule has 2 saturated carbocycles. The van der Waals surface area contributed by atoms with Gasteiger partial charge in [-0.15, -0.1) is 0 Å². The smallest absolute Gasteiger partial charge is 0.223 e. The number of hydrogen-bond acceptors (Lipinski definition) is 2. The van der Waals surface area contributed by atoms with Crippen molar-refractivity contribution in [2.24, 2.45) is 11.8 Å². The molecule has 2 unspecified atom stereocenters. The van der Waals surface area contributed by atoms with Crippen molar-refractivity contribution in [2.45, 2.75) is 38.2 Å². The zero-order chi connectivity index (χ0) is 9.26. The first-order valence-electron chi connectivity index (χ1n) is 5.23. The van der Waals surface area contributed by atoms with E-state index in [0.717, 1.165) is 32.1 Å². The highest BCUT2D eigenvalue weighted by Gasteiger charge is 2.31. The van der Waals surface area contributed by atoms with Crippen LogP contribution < -0.4 is 5.32 Å².